The van der Waals surface area contributed by atoms with Crippen molar-refractivity contribution < 1.29 is 4.79 Å². The van der Waals surface area contributed by atoms with Crippen molar-refractivity contribution in [2.24, 2.45) is 5.73 Å². The van der Waals surface area contributed by atoms with Gasteiger partial charge < -0.3 is 10.6 Å². The van der Waals surface area contributed by atoms with Gasteiger partial charge in [-0.3, -0.25) is 9.69 Å². The van der Waals surface area contributed by atoms with Crippen molar-refractivity contribution >= 4 is 5.91 Å². The van der Waals surface area contributed by atoms with Gasteiger partial charge in [0.2, 0.25) is 5.91 Å². The maximum Gasteiger partial charge on any atom is 0.239 e. The van der Waals surface area contributed by atoms with Crippen LogP contribution in [-0.4, -0.2) is 54.0 Å². The van der Waals surface area contributed by atoms with Crippen LogP contribution in [0.2, 0.25) is 0 Å². The molecule has 0 radical (unpaired) electrons. The topological polar surface area (TPSA) is 49.6 Å². The van der Waals surface area contributed by atoms with Crippen LogP contribution in [0.5, 0.6) is 0 Å². The van der Waals surface area contributed by atoms with Gasteiger partial charge in [0.05, 0.1) is 6.04 Å². The second-order valence-electron chi connectivity index (χ2n) is 6.03. The van der Waals surface area contributed by atoms with Gasteiger partial charge in [-0.2, -0.15) is 0 Å². The number of hydrogen-bond donors (Lipinski definition) is 1. The summed E-state index contributed by atoms with van der Waals surface area (Å²) in [5.74, 6) is 0.347. The Bertz CT molecular complexity index is 289. The third kappa shape index (κ3) is 3.69. The van der Waals surface area contributed by atoms with Crippen LogP contribution in [-0.2, 0) is 4.79 Å². The molecule has 0 bridgehead atoms. The summed E-state index contributed by atoms with van der Waals surface area (Å²) >= 11 is 0. The Labute approximate surface area is 117 Å². The standard InChI is InChI=1S/C15H29N3O/c1-13(15(19)17-10-3-2-4-11-17)18-12-6-8-14(18)7-5-9-16/h13-14H,2-12,16H2,1H3. The van der Waals surface area contributed by atoms with Crippen LogP contribution in [0.4, 0.5) is 0 Å². The Hall–Kier alpha value is -0.610. The van der Waals surface area contributed by atoms with Gasteiger partial charge in [-0.15, -0.1) is 0 Å². The Morgan fingerprint density at radius 1 is 1.21 bits per heavy atom. The first-order valence-electron chi connectivity index (χ1n) is 7.98. The summed E-state index contributed by atoms with van der Waals surface area (Å²) in [6.07, 6.45) is 8.31. The zero-order valence-electron chi connectivity index (χ0n) is 12.3. The molecule has 1 amide bonds. The minimum absolute atomic E-state index is 0.0587. The number of carbonyl (C=O) groups excluding carboxylic acids is 1. The smallest absolute Gasteiger partial charge is 0.239 e. The molecule has 0 aliphatic carbocycles. The van der Waals surface area contributed by atoms with Crippen LogP contribution in [0.15, 0.2) is 0 Å². The van der Waals surface area contributed by atoms with E-state index in [0.717, 1.165) is 39.0 Å². The van der Waals surface area contributed by atoms with Crippen molar-refractivity contribution in [1.82, 2.24) is 9.80 Å². The largest absolute Gasteiger partial charge is 0.341 e. The minimum Gasteiger partial charge on any atom is -0.341 e. The lowest BCUT2D eigenvalue weighted by atomic mass is 10.1. The molecule has 0 aromatic carbocycles. The molecule has 2 N–H and O–H groups in total. The maximum atomic E-state index is 12.6. The van der Waals surface area contributed by atoms with E-state index in [2.05, 4.69) is 16.7 Å². The molecule has 19 heavy (non-hydrogen) atoms. The first kappa shape index (κ1) is 14.8. The summed E-state index contributed by atoms with van der Waals surface area (Å²) in [5.41, 5.74) is 5.61. The molecule has 0 aromatic rings. The SMILES string of the molecule is CC(C(=O)N1CCCCC1)N1CCCC1CCCN. The van der Waals surface area contributed by atoms with Gasteiger partial charge in [0.1, 0.15) is 0 Å². The number of carbonyl (C=O) groups is 1. The third-order valence-electron chi connectivity index (χ3n) is 4.69. The average Bonchev–Trinajstić information content (AvgIpc) is 2.92. The molecule has 4 heteroatoms. The predicted octanol–water partition coefficient (Wildman–Crippen LogP) is 1.59. The third-order valence-corrected chi connectivity index (χ3v) is 4.69. The number of rotatable bonds is 5. The number of piperidine rings is 1. The second kappa shape index (κ2) is 7.25. The van der Waals surface area contributed by atoms with Crippen molar-refractivity contribution in [2.45, 2.75) is 64.0 Å². The molecule has 0 spiro atoms. The zero-order chi connectivity index (χ0) is 13.7. The van der Waals surface area contributed by atoms with E-state index in [4.69, 9.17) is 5.73 Å². The maximum absolute atomic E-state index is 12.6. The molecule has 2 aliphatic heterocycles. The van der Waals surface area contributed by atoms with Crippen molar-refractivity contribution in [3.8, 4) is 0 Å². The first-order chi connectivity index (χ1) is 9.24. The average molecular weight is 267 g/mol. The number of likely N-dealkylation sites (tertiary alicyclic amines) is 2. The Morgan fingerprint density at radius 3 is 2.63 bits per heavy atom. The van der Waals surface area contributed by atoms with E-state index in [9.17, 15) is 4.79 Å². The van der Waals surface area contributed by atoms with Gasteiger partial charge in [0, 0.05) is 19.1 Å². The van der Waals surface area contributed by atoms with Crippen LogP contribution in [0.25, 0.3) is 0 Å². The fourth-order valence-corrected chi connectivity index (χ4v) is 3.55. The molecule has 4 nitrogen and oxygen atoms in total. The summed E-state index contributed by atoms with van der Waals surface area (Å²) < 4.78 is 0. The van der Waals surface area contributed by atoms with Crippen molar-refractivity contribution in [1.29, 1.82) is 0 Å². The Kier molecular flexibility index (Phi) is 5.64. The lowest BCUT2D eigenvalue weighted by molar-refractivity contribution is -0.137. The molecule has 110 valence electrons. The number of nitrogens with zero attached hydrogens (tertiary/aromatic N) is 2. The summed E-state index contributed by atoms with van der Waals surface area (Å²) in [6.45, 7) is 5.86. The quantitative estimate of drug-likeness (QED) is 0.823. The van der Waals surface area contributed by atoms with Crippen molar-refractivity contribution in [3.05, 3.63) is 0 Å². The van der Waals surface area contributed by atoms with Gasteiger partial charge in [-0.25, -0.2) is 0 Å². The zero-order valence-corrected chi connectivity index (χ0v) is 12.3. The molecule has 2 rings (SSSR count). The van der Waals surface area contributed by atoms with Gasteiger partial charge >= 0.3 is 0 Å². The second-order valence-corrected chi connectivity index (χ2v) is 6.03. The fraction of sp³-hybridized carbons (Fsp3) is 0.933. The summed E-state index contributed by atoms with van der Waals surface area (Å²) in [6, 6.07) is 0.635. The molecule has 2 unspecified atom stereocenters. The van der Waals surface area contributed by atoms with Crippen LogP contribution >= 0.6 is 0 Å². The summed E-state index contributed by atoms with van der Waals surface area (Å²) in [5, 5.41) is 0. The molecular formula is C15H29N3O. The predicted molar refractivity (Wildman–Crippen MR) is 77.9 cm³/mol. The fourth-order valence-electron chi connectivity index (χ4n) is 3.55. The van der Waals surface area contributed by atoms with Gasteiger partial charge in [0.15, 0.2) is 0 Å². The van der Waals surface area contributed by atoms with E-state index in [0.29, 0.717) is 11.9 Å². The lowest BCUT2D eigenvalue weighted by Gasteiger charge is -2.35. The van der Waals surface area contributed by atoms with E-state index >= 15 is 0 Å². The Morgan fingerprint density at radius 2 is 1.95 bits per heavy atom. The molecule has 2 saturated heterocycles. The highest BCUT2D eigenvalue weighted by atomic mass is 16.2. The number of hydrogen-bond acceptors (Lipinski definition) is 3. The van der Waals surface area contributed by atoms with Crippen LogP contribution in [0.1, 0.15) is 51.9 Å². The molecule has 2 fully saturated rings. The van der Waals surface area contributed by atoms with Gasteiger partial charge in [-0.1, -0.05) is 0 Å². The number of nitrogens with two attached hydrogens (primary N) is 1. The van der Waals surface area contributed by atoms with Crippen LogP contribution in [0, 0.1) is 0 Å². The first-order valence-corrected chi connectivity index (χ1v) is 7.98. The highest BCUT2D eigenvalue weighted by Gasteiger charge is 2.33. The minimum atomic E-state index is 0.0587. The number of amides is 1. The van der Waals surface area contributed by atoms with Crippen LogP contribution in [0.3, 0.4) is 0 Å². The summed E-state index contributed by atoms with van der Waals surface area (Å²) in [4.78, 5) is 17.1. The van der Waals surface area contributed by atoms with E-state index in [-0.39, 0.29) is 6.04 Å². The van der Waals surface area contributed by atoms with Crippen LogP contribution < -0.4 is 5.73 Å². The lowest BCUT2D eigenvalue weighted by Crippen LogP contribution is -2.50. The summed E-state index contributed by atoms with van der Waals surface area (Å²) in [7, 11) is 0. The van der Waals surface area contributed by atoms with Crippen molar-refractivity contribution in [2.75, 3.05) is 26.2 Å². The highest BCUT2D eigenvalue weighted by molar-refractivity contribution is 5.81. The van der Waals surface area contributed by atoms with Gasteiger partial charge in [0.25, 0.3) is 0 Å². The van der Waals surface area contributed by atoms with E-state index < -0.39 is 0 Å². The molecule has 0 saturated carbocycles. The monoisotopic (exact) mass is 267 g/mol. The van der Waals surface area contributed by atoms with E-state index in [1.54, 1.807) is 0 Å². The molecule has 2 heterocycles. The van der Waals surface area contributed by atoms with E-state index in [1.807, 2.05) is 0 Å². The molecular weight excluding hydrogens is 238 g/mol. The Balaban J connectivity index is 1.89. The van der Waals surface area contributed by atoms with E-state index in [1.165, 1.54) is 32.1 Å². The van der Waals surface area contributed by atoms with Crippen molar-refractivity contribution in [3.63, 3.8) is 0 Å². The molecule has 0 aromatic heterocycles. The van der Waals surface area contributed by atoms with Gasteiger partial charge in [-0.05, 0) is 65.0 Å². The molecule has 2 atom stereocenters. The highest BCUT2D eigenvalue weighted by Crippen LogP contribution is 2.25. The molecule has 2 aliphatic rings. The normalized spacial score (nSPS) is 26.6.